The van der Waals surface area contributed by atoms with E-state index in [-0.39, 0.29) is 11.4 Å². The van der Waals surface area contributed by atoms with E-state index in [9.17, 15) is 30.8 Å². The van der Waals surface area contributed by atoms with Crippen molar-refractivity contribution in [1.29, 1.82) is 0 Å². The Morgan fingerprint density at radius 1 is 1.00 bits per heavy atom. The largest absolute Gasteiger partial charge is 0.416 e. The molecule has 0 aliphatic carbocycles. The van der Waals surface area contributed by atoms with Crippen molar-refractivity contribution in [3.8, 4) is 11.1 Å². The molecule has 4 rings (SSSR count). The molecule has 2 atom stereocenters. The molecule has 1 amide bonds. The van der Waals surface area contributed by atoms with E-state index in [1.54, 1.807) is 31.2 Å². The molecule has 0 unspecified atom stereocenters. The SMILES string of the molecule is C[C@@H](NC(=O)[C@@H]1CCCN1S(=O)(=O)c1ccc(F)cc1)c1cccc(-c2ccc(C(F)(F)F)cc2)c1. The minimum Gasteiger partial charge on any atom is -0.348 e. The van der Waals surface area contributed by atoms with Gasteiger partial charge in [0.2, 0.25) is 15.9 Å². The van der Waals surface area contributed by atoms with Gasteiger partial charge in [0.1, 0.15) is 11.9 Å². The molecule has 36 heavy (non-hydrogen) atoms. The molecule has 1 aliphatic heterocycles. The average Bonchev–Trinajstić information content (AvgIpc) is 3.35. The summed E-state index contributed by atoms with van der Waals surface area (Å²) < 4.78 is 79.1. The van der Waals surface area contributed by atoms with Gasteiger partial charge in [-0.05, 0) is 78.9 Å². The summed E-state index contributed by atoms with van der Waals surface area (Å²) in [7, 11) is -3.98. The number of nitrogens with zero attached hydrogens (tertiary/aromatic N) is 1. The molecule has 10 heteroatoms. The van der Waals surface area contributed by atoms with Crippen LogP contribution >= 0.6 is 0 Å². The van der Waals surface area contributed by atoms with Crippen molar-refractivity contribution >= 4 is 15.9 Å². The lowest BCUT2D eigenvalue weighted by atomic mass is 9.99. The number of halogens is 4. The summed E-state index contributed by atoms with van der Waals surface area (Å²) in [6, 6.07) is 14.9. The number of benzene rings is 3. The Hall–Kier alpha value is -3.24. The maximum atomic E-state index is 13.2. The number of carbonyl (C=O) groups excluding carboxylic acids is 1. The standard InChI is InChI=1S/C26H24F4N2O3S/c1-17(19-4-2-5-20(16-19)18-7-9-21(10-8-18)26(28,29)30)31-25(33)24-6-3-15-32(24)36(34,35)23-13-11-22(27)12-14-23/h2,4-5,7-14,16-17,24H,3,6,15H2,1H3,(H,31,33)/t17-,24+/m1/s1. The van der Waals surface area contributed by atoms with E-state index >= 15 is 0 Å². The summed E-state index contributed by atoms with van der Waals surface area (Å²) in [4.78, 5) is 13.0. The molecule has 1 aliphatic rings. The van der Waals surface area contributed by atoms with E-state index in [0.29, 0.717) is 29.5 Å². The molecular weight excluding hydrogens is 496 g/mol. The zero-order chi connectivity index (χ0) is 26.1. The van der Waals surface area contributed by atoms with Crippen molar-refractivity contribution < 1.29 is 30.8 Å². The van der Waals surface area contributed by atoms with Crippen LogP contribution in [0, 0.1) is 5.82 Å². The average molecular weight is 521 g/mol. The summed E-state index contributed by atoms with van der Waals surface area (Å²) >= 11 is 0. The lowest BCUT2D eigenvalue weighted by Crippen LogP contribution is -2.46. The second-order valence-corrected chi connectivity index (χ2v) is 10.5. The maximum Gasteiger partial charge on any atom is 0.416 e. The molecule has 0 spiro atoms. The number of alkyl halides is 3. The minimum atomic E-state index is -4.42. The Kier molecular flexibility index (Phi) is 7.19. The normalized spacial score (nSPS) is 17.6. The second kappa shape index (κ2) is 10.0. The smallest absolute Gasteiger partial charge is 0.348 e. The molecule has 1 saturated heterocycles. The lowest BCUT2D eigenvalue weighted by molar-refractivity contribution is -0.137. The Labute approximate surface area is 206 Å². The molecule has 0 aromatic heterocycles. The highest BCUT2D eigenvalue weighted by molar-refractivity contribution is 7.89. The van der Waals surface area contributed by atoms with Crippen LogP contribution in [-0.4, -0.2) is 31.2 Å². The van der Waals surface area contributed by atoms with Gasteiger partial charge >= 0.3 is 6.18 Å². The first kappa shape index (κ1) is 25.8. The van der Waals surface area contributed by atoms with Crippen LogP contribution in [0.1, 0.15) is 36.9 Å². The van der Waals surface area contributed by atoms with Crippen LogP contribution < -0.4 is 5.32 Å². The third-order valence-corrected chi connectivity index (χ3v) is 8.14. The van der Waals surface area contributed by atoms with Gasteiger partial charge in [-0.25, -0.2) is 12.8 Å². The minimum absolute atomic E-state index is 0.0825. The van der Waals surface area contributed by atoms with E-state index in [2.05, 4.69) is 5.32 Å². The zero-order valence-corrected chi connectivity index (χ0v) is 20.1. The molecule has 3 aromatic rings. The van der Waals surface area contributed by atoms with Crippen LogP contribution in [0.5, 0.6) is 0 Å². The van der Waals surface area contributed by atoms with Crippen molar-refractivity contribution in [1.82, 2.24) is 9.62 Å². The van der Waals surface area contributed by atoms with Crippen LogP contribution in [0.4, 0.5) is 17.6 Å². The molecular formula is C26H24F4N2O3S. The van der Waals surface area contributed by atoms with Crippen LogP contribution in [0.25, 0.3) is 11.1 Å². The van der Waals surface area contributed by atoms with Gasteiger partial charge in [-0.2, -0.15) is 17.5 Å². The van der Waals surface area contributed by atoms with E-state index in [1.165, 1.54) is 24.3 Å². The summed E-state index contributed by atoms with van der Waals surface area (Å²) in [5.41, 5.74) is 1.26. The molecule has 5 nitrogen and oxygen atoms in total. The van der Waals surface area contributed by atoms with E-state index in [4.69, 9.17) is 0 Å². The van der Waals surface area contributed by atoms with Gasteiger partial charge < -0.3 is 5.32 Å². The topological polar surface area (TPSA) is 66.5 Å². The number of rotatable bonds is 6. The van der Waals surface area contributed by atoms with Crippen molar-refractivity contribution in [2.75, 3.05) is 6.54 Å². The Morgan fingerprint density at radius 2 is 1.67 bits per heavy atom. The fourth-order valence-electron chi connectivity index (χ4n) is 4.26. The van der Waals surface area contributed by atoms with Gasteiger partial charge in [-0.1, -0.05) is 30.3 Å². The van der Waals surface area contributed by atoms with Crippen molar-refractivity contribution in [3.05, 3.63) is 89.7 Å². The number of sulfonamides is 1. The first-order valence-electron chi connectivity index (χ1n) is 11.3. The molecule has 0 radical (unpaired) electrons. The first-order chi connectivity index (χ1) is 17.0. The molecule has 1 fully saturated rings. The monoisotopic (exact) mass is 520 g/mol. The fourth-order valence-corrected chi connectivity index (χ4v) is 5.92. The molecule has 0 bridgehead atoms. The summed E-state index contributed by atoms with van der Waals surface area (Å²) in [5, 5.41) is 2.85. The summed E-state index contributed by atoms with van der Waals surface area (Å²) in [6.45, 7) is 1.92. The van der Waals surface area contributed by atoms with Crippen LogP contribution in [0.2, 0.25) is 0 Å². The number of nitrogens with one attached hydrogen (secondary N) is 1. The van der Waals surface area contributed by atoms with Gasteiger partial charge in [0.05, 0.1) is 16.5 Å². The van der Waals surface area contributed by atoms with Crippen molar-refractivity contribution in [2.24, 2.45) is 0 Å². The second-order valence-electron chi connectivity index (χ2n) is 8.66. The van der Waals surface area contributed by atoms with Gasteiger partial charge in [0, 0.05) is 6.54 Å². The highest BCUT2D eigenvalue weighted by Gasteiger charge is 2.39. The predicted molar refractivity (Wildman–Crippen MR) is 127 cm³/mol. The summed E-state index contributed by atoms with van der Waals surface area (Å²) in [6.07, 6.45) is -3.56. The molecule has 190 valence electrons. The third kappa shape index (κ3) is 5.44. The van der Waals surface area contributed by atoms with Crippen molar-refractivity contribution in [2.45, 2.75) is 42.9 Å². The quantitative estimate of drug-likeness (QED) is 0.434. The molecule has 3 aromatic carbocycles. The van der Waals surface area contributed by atoms with Gasteiger partial charge in [0.25, 0.3) is 0 Å². The first-order valence-corrected chi connectivity index (χ1v) is 12.8. The molecule has 1 N–H and O–H groups in total. The molecule has 0 saturated carbocycles. The number of carbonyl (C=O) groups is 1. The highest BCUT2D eigenvalue weighted by Crippen LogP contribution is 2.32. The summed E-state index contributed by atoms with van der Waals surface area (Å²) in [5.74, 6) is -1.01. The number of hydrogen-bond donors (Lipinski definition) is 1. The van der Waals surface area contributed by atoms with E-state index < -0.39 is 45.6 Å². The van der Waals surface area contributed by atoms with Gasteiger partial charge in [-0.15, -0.1) is 0 Å². The fraction of sp³-hybridized carbons (Fsp3) is 0.269. The Balaban J connectivity index is 1.49. The van der Waals surface area contributed by atoms with Crippen LogP contribution in [-0.2, 0) is 21.0 Å². The Morgan fingerprint density at radius 3 is 2.31 bits per heavy atom. The van der Waals surface area contributed by atoms with Gasteiger partial charge in [-0.3, -0.25) is 4.79 Å². The number of amides is 1. The Bertz CT molecular complexity index is 1340. The van der Waals surface area contributed by atoms with Gasteiger partial charge in [0.15, 0.2) is 0 Å². The van der Waals surface area contributed by atoms with E-state index in [0.717, 1.165) is 28.6 Å². The van der Waals surface area contributed by atoms with Crippen LogP contribution in [0.15, 0.2) is 77.7 Å². The van der Waals surface area contributed by atoms with Crippen molar-refractivity contribution in [3.63, 3.8) is 0 Å². The van der Waals surface area contributed by atoms with E-state index in [1.807, 2.05) is 0 Å². The lowest BCUT2D eigenvalue weighted by Gasteiger charge is -2.25. The maximum absolute atomic E-state index is 13.2. The number of hydrogen-bond acceptors (Lipinski definition) is 3. The predicted octanol–water partition coefficient (Wildman–Crippen LogP) is 5.54. The highest BCUT2D eigenvalue weighted by atomic mass is 32.2. The third-order valence-electron chi connectivity index (χ3n) is 6.22. The molecule has 1 heterocycles. The van der Waals surface area contributed by atoms with Crippen LogP contribution in [0.3, 0.4) is 0 Å². The zero-order valence-electron chi connectivity index (χ0n) is 19.3.